The Hall–Kier alpha value is -2.08. The molecule has 1 aromatic rings. The topological polar surface area (TPSA) is 75.7 Å². The maximum Gasteiger partial charge on any atom is 0.308 e. The standard InChI is InChI=1S/C19H25ClN2O4/c20-16-8-6-15(7-9-16)19(25)21-11-10-18(24)26-14-17(23)22-12-4-2-1-3-5-13-22/h6-9H,1-5,10-14H2,(H,21,25). The minimum atomic E-state index is -0.498. The number of carbonyl (C=O) groups excluding carboxylic acids is 3. The van der Waals surface area contributed by atoms with Gasteiger partial charge >= 0.3 is 5.97 Å². The number of ether oxygens (including phenoxy) is 1. The van der Waals surface area contributed by atoms with Crippen LogP contribution in [0, 0.1) is 0 Å². The van der Waals surface area contributed by atoms with Crippen LogP contribution in [0.5, 0.6) is 0 Å². The molecule has 0 saturated carbocycles. The lowest BCUT2D eigenvalue weighted by atomic mass is 10.1. The van der Waals surface area contributed by atoms with Crippen LogP contribution in [-0.2, 0) is 14.3 Å². The first-order valence-corrected chi connectivity index (χ1v) is 9.41. The Morgan fingerprint density at radius 2 is 1.62 bits per heavy atom. The molecular weight excluding hydrogens is 356 g/mol. The van der Waals surface area contributed by atoms with Crippen molar-refractivity contribution in [3.63, 3.8) is 0 Å². The number of nitrogens with zero attached hydrogens (tertiary/aromatic N) is 1. The number of rotatable bonds is 6. The van der Waals surface area contributed by atoms with Crippen molar-refractivity contribution in [1.82, 2.24) is 10.2 Å². The first-order chi connectivity index (χ1) is 12.6. The quantitative estimate of drug-likeness (QED) is 0.770. The van der Waals surface area contributed by atoms with Gasteiger partial charge in [0, 0.05) is 30.2 Å². The van der Waals surface area contributed by atoms with Gasteiger partial charge in [-0.1, -0.05) is 30.9 Å². The summed E-state index contributed by atoms with van der Waals surface area (Å²) in [5, 5.41) is 3.19. The summed E-state index contributed by atoms with van der Waals surface area (Å²) in [6, 6.07) is 6.47. The number of carbonyl (C=O) groups is 3. The number of esters is 1. The van der Waals surface area contributed by atoms with Gasteiger partial charge in [-0.2, -0.15) is 0 Å². The van der Waals surface area contributed by atoms with Crippen LogP contribution in [0.2, 0.25) is 5.02 Å². The Morgan fingerprint density at radius 1 is 1.00 bits per heavy atom. The van der Waals surface area contributed by atoms with Crippen molar-refractivity contribution in [2.24, 2.45) is 0 Å². The third-order valence-electron chi connectivity index (χ3n) is 4.29. The molecule has 2 rings (SSSR count). The van der Waals surface area contributed by atoms with Crippen LogP contribution in [0.4, 0.5) is 0 Å². The van der Waals surface area contributed by atoms with Gasteiger partial charge in [-0.3, -0.25) is 14.4 Å². The second-order valence-corrected chi connectivity index (χ2v) is 6.76. The second-order valence-electron chi connectivity index (χ2n) is 6.32. The van der Waals surface area contributed by atoms with Crippen LogP contribution >= 0.6 is 11.6 Å². The maximum atomic E-state index is 12.1. The molecule has 0 bridgehead atoms. The summed E-state index contributed by atoms with van der Waals surface area (Å²) in [6.07, 6.45) is 5.51. The largest absolute Gasteiger partial charge is 0.456 e. The summed E-state index contributed by atoms with van der Waals surface area (Å²) in [6.45, 7) is 1.38. The van der Waals surface area contributed by atoms with E-state index in [4.69, 9.17) is 16.3 Å². The molecular formula is C19H25ClN2O4. The zero-order chi connectivity index (χ0) is 18.8. The monoisotopic (exact) mass is 380 g/mol. The van der Waals surface area contributed by atoms with E-state index in [9.17, 15) is 14.4 Å². The molecule has 1 saturated heterocycles. The van der Waals surface area contributed by atoms with E-state index in [0.29, 0.717) is 10.6 Å². The molecule has 0 atom stereocenters. The molecule has 0 aromatic heterocycles. The predicted octanol–water partition coefficient (Wildman–Crippen LogP) is 2.80. The number of nitrogens with one attached hydrogen (secondary N) is 1. The highest BCUT2D eigenvalue weighted by Gasteiger charge is 2.16. The zero-order valence-electron chi connectivity index (χ0n) is 14.8. The molecule has 2 amide bonds. The molecule has 26 heavy (non-hydrogen) atoms. The van der Waals surface area contributed by atoms with E-state index in [0.717, 1.165) is 38.8 Å². The van der Waals surface area contributed by atoms with Crippen molar-refractivity contribution in [3.8, 4) is 0 Å². The number of halogens is 1. The van der Waals surface area contributed by atoms with Crippen LogP contribution in [-0.4, -0.2) is 48.9 Å². The summed E-state index contributed by atoms with van der Waals surface area (Å²) in [5.74, 6) is -0.932. The third kappa shape index (κ3) is 7.04. The molecule has 1 N–H and O–H groups in total. The molecule has 7 heteroatoms. The van der Waals surface area contributed by atoms with Crippen molar-refractivity contribution < 1.29 is 19.1 Å². The molecule has 142 valence electrons. The fraction of sp³-hybridized carbons (Fsp3) is 0.526. The SMILES string of the molecule is O=C(CCNC(=O)c1ccc(Cl)cc1)OCC(=O)N1CCCCCCC1. The van der Waals surface area contributed by atoms with Gasteiger partial charge in [0.2, 0.25) is 0 Å². The van der Waals surface area contributed by atoms with Gasteiger partial charge in [-0.25, -0.2) is 0 Å². The molecule has 1 aliphatic heterocycles. The Bertz CT molecular complexity index is 610. The highest BCUT2D eigenvalue weighted by molar-refractivity contribution is 6.30. The fourth-order valence-electron chi connectivity index (χ4n) is 2.78. The first kappa shape index (κ1) is 20.2. The lowest BCUT2D eigenvalue weighted by molar-refractivity contribution is -0.152. The van der Waals surface area contributed by atoms with Crippen LogP contribution < -0.4 is 5.32 Å². The van der Waals surface area contributed by atoms with E-state index in [1.165, 1.54) is 6.42 Å². The second kappa shape index (κ2) is 10.8. The Balaban J connectivity index is 1.64. The van der Waals surface area contributed by atoms with Crippen LogP contribution in [0.15, 0.2) is 24.3 Å². The summed E-state index contributed by atoms with van der Waals surface area (Å²) < 4.78 is 5.03. The van der Waals surface area contributed by atoms with Gasteiger partial charge in [-0.05, 0) is 37.1 Å². The third-order valence-corrected chi connectivity index (χ3v) is 4.54. The van der Waals surface area contributed by atoms with Gasteiger partial charge in [0.1, 0.15) is 0 Å². The van der Waals surface area contributed by atoms with Crippen LogP contribution in [0.3, 0.4) is 0 Å². The molecule has 1 fully saturated rings. The van der Waals surface area contributed by atoms with Crippen LogP contribution in [0.1, 0.15) is 48.9 Å². The highest BCUT2D eigenvalue weighted by Crippen LogP contribution is 2.11. The minimum Gasteiger partial charge on any atom is -0.456 e. The summed E-state index contributed by atoms with van der Waals surface area (Å²) in [5.41, 5.74) is 0.468. The summed E-state index contributed by atoms with van der Waals surface area (Å²) >= 11 is 5.77. The predicted molar refractivity (Wildman–Crippen MR) is 99.0 cm³/mol. The molecule has 0 spiro atoms. The van der Waals surface area contributed by atoms with Gasteiger partial charge in [0.25, 0.3) is 11.8 Å². The van der Waals surface area contributed by atoms with Gasteiger partial charge in [0.15, 0.2) is 6.61 Å². The van der Waals surface area contributed by atoms with E-state index in [-0.39, 0.29) is 31.4 Å². The number of likely N-dealkylation sites (tertiary alicyclic amines) is 1. The molecule has 0 radical (unpaired) electrons. The van der Waals surface area contributed by atoms with E-state index >= 15 is 0 Å². The number of hydrogen-bond acceptors (Lipinski definition) is 4. The lowest BCUT2D eigenvalue weighted by Crippen LogP contribution is -2.37. The number of benzene rings is 1. The molecule has 0 unspecified atom stereocenters. The molecule has 1 aromatic carbocycles. The van der Waals surface area contributed by atoms with Gasteiger partial charge in [-0.15, -0.1) is 0 Å². The average molecular weight is 381 g/mol. The minimum absolute atomic E-state index is 0.0204. The normalized spacial score (nSPS) is 14.9. The number of hydrogen-bond donors (Lipinski definition) is 1. The van der Waals surface area contributed by atoms with E-state index in [1.54, 1.807) is 29.2 Å². The number of amides is 2. The summed E-state index contributed by atoms with van der Waals surface area (Å²) in [4.78, 5) is 37.6. The van der Waals surface area contributed by atoms with E-state index < -0.39 is 5.97 Å². The summed E-state index contributed by atoms with van der Waals surface area (Å²) in [7, 11) is 0. The molecule has 1 heterocycles. The average Bonchev–Trinajstić information content (AvgIpc) is 2.60. The smallest absolute Gasteiger partial charge is 0.308 e. The maximum absolute atomic E-state index is 12.1. The van der Waals surface area contributed by atoms with Crippen molar-refractivity contribution in [2.75, 3.05) is 26.2 Å². The zero-order valence-corrected chi connectivity index (χ0v) is 15.6. The van der Waals surface area contributed by atoms with Crippen LogP contribution in [0.25, 0.3) is 0 Å². The first-order valence-electron chi connectivity index (χ1n) is 9.03. The fourth-order valence-corrected chi connectivity index (χ4v) is 2.91. The van der Waals surface area contributed by atoms with Crippen molar-refractivity contribution in [1.29, 1.82) is 0 Å². The Morgan fingerprint density at radius 3 is 2.27 bits per heavy atom. The molecule has 6 nitrogen and oxygen atoms in total. The molecule has 1 aliphatic rings. The van der Waals surface area contributed by atoms with E-state index in [1.807, 2.05) is 0 Å². The van der Waals surface area contributed by atoms with Crippen molar-refractivity contribution >= 4 is 29.4 Å². The highest BCUT2D eigenvalue weighted by atomic mass is 35.5. The van der Waals surface area contributed by atoms with E-state index in [2.05, 4.69) is 5.32 Å². The Labute approximate surface area is 158 Å². The molecule has 0 aliphatic carbocycles. The lowest BCUT2D eigenvalue weighted by Gasteiger charge is -2.24. The van der Waals surface area contributed by atoms with Crippen molar-refractivity contribution in [3.05, 3.63) is 34.9 Å². The van der Waals surface area contributed by atoms with Crippen molar-refractivity contribution in [2.45, 2.75) is 38.5 Å². The van der Waals surface area contributed by atoms with Gasteiger partial charge < -0.3 is 15.0 Å². The van der Waals surface area contributed by atoms with Gasteiger partial charge in [0.05, 0.1) is 6.42 Å². The Kier molecular flexibility index (Phi) is 8.41.